The van der Waals surface area contributed by atoms with E-state index in [2.05, 4.69) is 127 Å². The van der Waals surface area contributed by atoms with Gasteiger partial charge in [-0.2, -0.15) is 0 Å². The normalized spacial score (nSPS) is 11.6. The first-order chi connectivity index (χ1) is 27.2. The second-order valence-electron chi connectivity index (χ2n) is 14.0. The number of fused-ring (bicyclic) bond motifs is 9. The topological polar surface area (TPSA) is 51.8 Å². The van der Waals surface area contributed by atoms with Crippen LogP contribution in [0.25, 0.3) is 111 Å². The van der Waals surface area contributed by atoms with Gasteiger partial charge in [0, 0.05) is 27.5 Å². The van der Waals surface area contributed by atoms with Gasteiger partial charge < -0.3 is 4.42 Å². The highest BCUT2D eigenvalue weighted by molar-refractivity contribution is 6.25. The van der Waals surface area contributed by atoms with Crippen molar-refractivity contribution < 1.29 is 4.42 Å². The van der Waals surface area contributed by atoms with Crippen LogP contribution in [-0.2, 0) is 0 Å². The van der Waals surface area contributed by atoms with Gasteiger partial charge in [-0.15, -0.1) is 0 Å². The summed E-state index contributed by atoms with van der Waals surface area (Å²) in [5, 5.41) is 9.87. The molecule has 9 aromatic carbocycles. The van der Waals surface area contributed by atoms with Gasteiger partial charge in [-0.1, -0.05) is 158 Å². The van der Waals surface area contributed by atoms with E-state index >= 15 is 0 Å². The summed E-state index contributed by atoms with van der Waals surface area (Å²) < 4.78 is 6.46. The maximum Gasteiger partial charge on any atom is 0.164 e. The fourth-order valence-electron chi connectivity index (χ4n) is 7.97. The molecule has 0 fully saturated rings. The van der Waals surface area contributed by atoms with Crippen LogP contribution in [0.2, 0.25) is 0 Å². The summed E-state index contributed by atoms with van der Waals surface area (Å²) in [6, 6.07) is 65.9. The fraction of sp³-hybridized carbons (Fsp3) is 0. The van der Waals surface area contributed by atoms with Crippen molar-refractivity contribution in [3.8, 4) is 56.4 Å². The minimum absolute atomic E-state index is 0.635. The van der Waals surface area contributed by atoms with Crippen LogP contribution in [0.1, 0.15) is 0 Å². The molecule has 0 aliphatic heterocycles. The predicted molar refractivity (Wildman–Crippen MR) is 227 cm³/mol. The van der Waals surface area contributed by atoms with Gasteiger partial charge >= 0.3 is 0 Å². The Morgan fingerprint density at radius 1 is 0.236 bits per heavy atom. The lowest BCUT2D eigenvalue weighted by Crippen LogP contribution is -2.00. The van der Waals surface area contributed by atoms with Gasteiger partial charge in [-0.3, -0.25) is 0 Å². The summed E-state index contributed by atoms with van der Waals surface area (Å²) >= 11 is 0. The van der Waals surface area contributed by atoms with E-state index in [1.807, 2.05) is 60.7 Å². The molecule has 0 radical (unpaired) electrons. The third kappa shape index (κ3) is 5.34. The van der Waals surface area contributed by atoms with E-state index in [0.29, 0.717) is 17.5 Å². The van der Waals surface area contributed by atoms with Crippen molar-refractivity contribution in [3.63, 3.8) is 0 Å². The van der Waals surface area contributed by atoms with Crippen molar-refractivity contribution in [1.29, 1.82) is 0 Å². The molecule has 11 aromatic rings. The van der Waals surface area contributed by atoms with Crippen molar-refractivity contribution in [2.24, 2.45) is 0 Å². The van der Waals surface area contributed by atoms with Crippen LogP contribution < -0.4 is 0 Å². The summed E-state index contributed by atoms with van der Waals surface area (Å²) in [7, 11) is 0. The average molecular weight is 702 g/mol. The van der Waals surface area contributed by atoms with Crippen molar-refractivity contribution in [2.75, 3.05) is 0 Å². The lowest BCUT2D eigenvalue weighted by atomic mass is 9.92. The van der Waals surface area contributed by atoms with E-state index in [1.54, 1.807) is 0 Å². The third-order valence-corrected chi connectivity index (χ3v) is 10.7. The molecular formula is C51H31N3O. The average Bonchev–Trinajstić information content (AvgIpc) is 3.64. The van der Waals surface area contributed by atoms with Crippen molar-refractivity contribution in [2.45, 2.75) is 0 Å². The van der Waals surface area contributed by atoms with Crippen LogP contribution in [0, 0.1) is 0 Å². The molecular weight excluding hydrogens is 671 g/mol. The molecule has 0 N–H and O–H groups in total. The molecule has 0 saturated heterocycles. The zero-order valence-electron chi connectivity index (χ0n) is 29.6. The Hall–Kier alpha value is -7.43. The molecule has 11 rings (SSSR count). The summed E-state index contributed by atoms with van der Waals surface area (Å²) in [5.41, 5.74) is 9.08. The first kappa shape index (κ1) is 31.1. The quantitative estimate of drug-likeness (QED) is 0.168. The molecule has 2 heterocycles. The Morgan fingerprint density at radius 2 is 0.618 bits per heavy atom. The first-order valence-corrected chi connectivity index (χ1v) is 18.5. The third-order valence-electron chi connectivity index (χ3n) is 10.7. The van der Waals surface area contributed by atoms with Crippen LogP contribution >= 0.6 is 0 Å². The molecule has 0 saturated carbocycles. The number of benzene rings is 9. The number of furan rings is 1. The molecule has 0 aliphatic rings. The monoisotopic (exact) mass is 701 g/mol. The zero-order valence-corrected chi connectivity index (χ0v) is 29.6. The first-order valence-electron chi connectivity index (χ1n) is 18.5. The molecule has 0 aliphatic carbocycles. The van der Waals surface area contributed by atoms with E-state index in [9.17, 15) is 0 Å². The number of nitrogens with zero attached hydrogens (tertiary/aromatic N) is 3. The Balaban J connectivity index is 0.945. The van der Waals surface area contributed by atoms with Crippen LogP contribution in [0.5, 0.6) is 0 Å². The lowest BCUT2D eigenvalue weighted by molar-refractivity contribution is 0.669. The van der Waals surface area contributed by atoms with Gasteiger partial charge in [0.15, 0.2) is 17.5 Å². The molecule has 4 heteroatoms. The highest BCUT2D eigenvalue weighted by Crippen LogP contribution is 2.39. The van der Waals surface area contributed by atoms with E-state index in [-0.39, 0.29) is 0 Å². The standard InChI is InChI=1S/C51H31N3O/c1-3-11-33(12-4-1)49-52-50(34-13-5-2-6-14-34)54-51(53-49)35-21-19-32(20-22-35)38-24-27-44-46-30-37(25-28-47(46)55-48(44)31-38)36-23-26-43-41-17-8-7-15-39(41)40-16-9-10-18-42(40)45(43)29-36/h1-31H. The molecule has 0 amide bonds. The van der Waals surface area contributed by atoms with Gasteiger partial charge in [0.2, 0.25) is 0 Å². The second kappa shape index (κ2) is 12.6. The Morgan fingerprint density at radius 3 is 1.18 bits per heavy atom. The maximum absolute atomic E-state index is 6.46. The maximum atomic E-state index is 6.46. The van der Waals surface area contributed by atoms with E-state index in [0.717, 1.165) is 55.3 Å². The molecule has 2 aromatic heterocycles. The van der Waals surface area contributed by atoms with E-state index < -0.39 is 0 Å². The summed E-state index contributed by atoms with van der Waals surface area (Å²) in [6.07, 6.45) is 0. The Bertz CT molecular complexity index is 3150. The van der Waals surface area contributed by atoms with Gasteiger partial charge in [-0.25, -0.2) is 15.0 Å². The van der Waals surface area contributed by atoms with Crippen LogP contribution in [-0.4, -0.2) is 15.0 Å². The molecule has 0 bridgehead atoms. The predicted octanol–water partition coefficient (Wildman–Crippen LogP) is 13.6. The van der Waals surface area contributed by atoms with Gasteiger partial charge in [0.1, 0.15) is 11.2 Å². The van der Waals surface area contributed by atoms with Gasteiger partial charge in [-0.05, 0) is 84.9 Å². The molecule has 0 atom stereocenters. The Kier molecular flexibility index (Phi) is 7.14. The largest absolute Gasteiger partial charge is 0.456 e. The van der Waals surface area contributed by atoms with Crippen LogP contribution in [0.15, 0.2) is 192 Å². The highest BCUT2D eigenvalue weighted by Gasteiger charge is 2.15. The van der Waals surface area contributed by atoms with Crippen LogP contribution in [0.4, 0.5) is 0 Å². The highest BCUT2D eigenvalue weighted by atomic mass is 16.3. The minimum Gasteiger partial charge on any atom is -0.456 e. The smallest absolute Gasteiger partial charge is 0.164 e. The number of aromatic nitrogens is 3. The number of rotatable bonds is 5. The number of hydrogen-bond acceptors (Lipinski definition) is 4. The lowest BCUT2D eigenvalue weighted by Gasteiger charge is -2.12. The van der Waals surface area contributed by atoms with Gasteiger partial charge in [0.05, 0.1) is 0 Å². The summed E-state index contributed by atoms with van der Waals surface area (Å²) in [4.78, 5) is 14.6. The zero-order chi connectivity index (χ0) is 36.3. The fourth-order valence-corrected chi connectivity index (χ4v) is 7.97. The van der Waals surface area contributed by atoms with Gasteiger partial charge in [0.25, 0.3) is 0 Å². The molecule has 0 unspecified atom stereocenters. The summed E-state index contributed by atoms with van der Waals surface area (Å²) in [5.74, 6) is 1.93. The number of hydrogen-bond donors (Lipinski definition) is 0. The molecule has 256 valence electrons. The second-order valence-corrected chi connectivity index (χ2v) is 14.0. The van der Waals surface area contributed by atoms with E-state index in [4.69, 9.17) is 19.4 Å². The molecule has 4 nitrogen and oxygen atoms in total. The molecule has 0 spiro atoms. The van der Waals surface area contributed by atoms with Crippen molar-refractivity contribution >= 4 is 54.3 Å². The summed E-state index contributed by atoms with van der Waals surface area (Å²) in [6.45, 7) is 0. The van der Waals surface area contributed by atoms with Crippen molar-refractivity contribution in [3.05, 3.63) is 188 Å². The van der Waals surface area contributed by atoms with Crippen LogP contribution in [0.3, 0.4) is 0 Å². The minimum atomic E-state index is 0.635. The SMILES string of the molecule is c1ccc(-c2nc(-c3ccccc3)nc(-c3ccc(-c4ccc5c(c4)oc4ccc(-c6ccc7c8ccccc8c8ccccc8c7c6)cc45)cc3)n2)cc1. The Labute approximate surface area is 317 Å². The molecule has 55 heavy (non-hydrogen) atoms. The van der Waals surface area contributed by atoms with E-state index in [1.165, 1.54) is 37.9 Å². The van der Waals surface area contributed by atoms with Crippen molar-refractivity contribution in [1.82, 2.24) is 15.0 Å².